The van der Waals surface area contributed by atoms with Gasteiger partial charge in [0.25, 0.3) is 0 Å². The Balaban J connectivity index is 2.41. The Morgan fingerprint density at radius 1 is 1.55 bits per heavy atom. The van der Waals surface area contributed by atoms with Crippen molar-refractivity contribution in [2.45, 2.75) is 18.6 Å². The molecular weight excluding hydrogens is 140 g/mol. The maximum atomic E-state index is 5.35. The van der Waals surface area contributed by atoms with Crippen LogP contribution in [0.4, 0.5) is 0 Å². The Kier molecular flexibility index (Phi) is 3.30. The molecule has 0 aromatic rings. The van der Waals surface area contributed by atoms with Crippen molar-refractivity contribution in [1.29, 1.82) is 0 Å². The van der Waals surface area contributed by atoms with Gasteiger partial charge in [-0.25, -0.2) is 0 Å². The van der Waals surface area contributed by atoms with Crippen molar-refractivity contribution in [3.8, 4) is 0 Å². The molecule has 1 rings (SSSR count). The first-order valence-electron chi connectivity index (χ1n) is 4.16. The van der Waals surface area contributed by atoms with E-state index in [1.807, 2.05) is 7.05 Å². The lowest BCUT2D eigenvalue weighted by atomic mass is 10.0. The second-order valence-corrected chi connectivity index (χ2v) is 3.22. The van der Waals surface area contributed by atoms with E-state index in [-0.39, 0.29) is 0 Å². The second kappa shape index (κ2) is 4.04. The van der Waals surface area contributed by atoms with Gasteiger partial charge in [-0.05, 0) is 20.5 Å². The highest BCUT2D eigenvalue weighted by Gasteiger charge is 2.25. The summed E-state index contributed by atoms with van der Waals surface area (Å²) in [4.78, 5) is 2.33. The lowest BCUT2D eigenvalue weighted by Crippen LogP contribution is -2.51. The van der Waals surface area contributed by atoms with Crippen molar-refractivity contribution >= 4 is 0 Å². The van der Waals surface area contributed by atoms with Crippen LogP contribution < -0.4 is 5.32 Å². The Labute approximate surface area is 68.7 Å². The third-order valence-electron chi connectivity index (χ3n) is 2.43. The summed E-state index contributed by atoms with van der Waals surface area (Å²) in [5, 5.41) is 3.27. The van der Waals surface area contributed by atoms with Crippen molar-refractivity contribution < 1.29 is 4.74 Å². The van der Waals surface area contributed by atoms with Crippen molar-refractivity contribution in [1.82, 2.24) is 10.2 Å². The predicted molar refractivity (Wildman–Crippen MR) is 45.8 cm³/mol. The lowest BCUT2D eigenvalue weighted by Gasteiger charge is -2.35. The molecule has 0 spiro atoms. The quantitative estimate of drug-likeness (QED) is 0.608. The zero-order chi connectivity index (χ0) is 8.27. The van der Waals surface area contributed by atoms with Crippen LogP contribution in [0.3, 0.4) is 0 Å². The van der Waals surface area contributed by atoms with Crippen LogP contribution in [0, 0.1) is 0 Å². The van der Waals surface area contributed by atoms with E-state index in [9.17, 15) is 0 Å². The Bertz CT molecular complexity index is 119. The number of methoxy groups -OCH3 is 1. The minimum absolute atomic E-state index is 0.399. The number of likely N-dealkylation sites (N-methyl/N-ethyl adjacent to an activating group) is 2. The molecule has 3 heteroatoms. The lowest BCUT2D eigenvalue weighted by molar-refractivity contribution is 0.0217. The zero-order valence-corrected chi connectivity index (χ0v) is 7.63. The van der Waals surface area contributed by atoms with Gasteiger partial charge in [0.15, 0.2) is 0 Å². The molecule has 1 aliphatic rings. The second-order valence-electron chi connectivity index (χ2n) is 3.22. The molecule has 0 saturated carbocycles. The molecule has 11 heavy (non-hydrogen) atoms. The van der Waals surface area contributed by atoms with Crippen LogP contribution in [-0.2, 0) is 4.74 Å². The fraction of sp³-hybridized carbons (Fsp3) is 1.00. The number of piperidine rings is 1. The van der Waals surface area contributed by atoms with E-state index >= 15 is 0 Å². The minimum Gasteiger partial charge on any atom is -0.380 e. The first-order valence-corrected chi connectivity index (χ1v) is 4.16. The van der Waals surface area contributed by atoms with Crippen molar-refractivity contribution in [2.24, 2.45) is 0 Å². The van der Waals surface area contributed by atoms with Crippen LogP contribution in [0.2, 0.25) is 0 Å². The Morgan fingerprint density at radius 2 is 2.27 bits per heavy atom. The maximum Gasteiger partial charge on any atom is 0.0748 e. The van der Waals surface area contributed by atoms with Gasteiger partial charge < -0.3 is 15.0 Å². The van der Waals surface area contributed by atoms with Crippen LogP contribution in [0.25, 0.3) is 0 Å². The fourth-order valence-electron chi connectivity index (χ4n) is 1.65. The van der Waals surface area contributed by atoms with E-state index < -0.39 is 0 Å². The van der Waals surface area contributed by atoms with Crippen LogP contribution in [0.1, 0.15) is 6.42 Å². The Morgan fingerprint density at radius 3 is 2.82 bits per heavy atom. The summed E-state index contributed by atoms with van der Waals surface area (Å²) in [5.41, 5.74) is 0. The summed E-state index contributed by atoms with van der Waals surface area (Å²) in [6, 6.07) is 0.499. The molecule has 1 aliphatic heterocycles. The number of nitrogens with zero attached hydrogens (tertiary/aromatic N) is 1. The maximum absolute atomic E-state index is 5.35. The molecule has 1 heterocycles. The summed E-state index contributed by atoms with van der Waals surface area (Å²) in [5.74, 6) is 0. The average molecular weight is 158 g/mol. The zero-order valence-electron chi connectivity index (χ0n) is 7.63. The van der Waals surface area contributed by atoms with E-state index in [0.717, 1.165) is 19.5 Å². The molecule has 3 nitrogen and oxygen atoms in total. The highest BCUT2D eigenvalue weighted by Crippen LogP contribution is 2.11. The molecule has 0 aliphatic carbocycles. The van der Waals surface area contributed by atoms with Gasteiger partial charge in [-0.15, -0.1) is 0 Å². The highest BCUT2D eigenvalue weighted by molar-refractivity contribution is 4.83. The number of hydrogen-bond acceptors (Lipinski definition) is 3. The van der Waals surface area contributed by atoms with Crippen LogP contribution in [0.5, 0.6) is 0 Å². The minimum atomic E-state index is 0.399. The molecule has 1 fully saturated rings. The smallest absolute Gasteiger partial charge is 0.0748 e. The molecule has 1 N–H and O–H groups in total. The molecule has 0 bridgehead atoms. The first-order chi connectivity index (χ1) is 5.27. The van der Waals surface area contributed by atoms with E-state index in [4.69, 9.17) is 4.74 Å². The molecule has 2 atom stereocenters. The molecule has 1 saturated heterocycles. The van der Waals surface area contributed by atoms with Crippen LogP contribution >= 0.6 is 0 Å². The summed E-state index contributed by atoms with van der Waals surface area (Å²) in [6.07, 6.45) is 1.54. The third kappa shape index (κ3) is 2.15. The highest BCUT2D eigenvalue weighted by atomic mass is 16.5. The molecular formula is C8H18N2O. The van der Waals surface area contributed by atoms with Crippen molar-refractivity contribution in [3.05, 3.63) is 0 Å². The van der Waals surface area contributed by atoms with E-state index in [1.54, 1.807) is 7.11 Å². The molecule has 0 radical (unpaired) electrons. The summed E-state index contributed by atoms with van der Waals surface area (Å²) < 4.78 is 5.35. The summed E-state index contributed by atoms with van der Waals surface area (Å²) in [6.45, 7) is 2.24. The van der Waals surface area contributed by atoms with Crippen LogP contribution in [0.15, 0.2) is 0 Å². The molecule has 0 amide bonds. The molecule has 0 aromatic heterocycles. The third-order valence-corrected chi connectivity index (χ3v) is 2.43. The topological polar surface area (TPSA) is 24.5 Å². The fourth-order valence-corrected chi connectivity index (χ4v) is 1.65. The normalized spacial score (nSPS) is 34.1. The monoisotopic (exact) mass is 158 g/mol. The summed E-state index contributed by atoms with van der Waals surface area (Å²) >= 11 is 0. The first kappa shape index (κ1) is 8.97. The summed E-state index contributed by atoms with van der Waals surface area (Å²) in [7, 11) is 5.94. The van der Waals surface area contributed by atoms with Gasteiger partial charge in [0.05, 0.1) is 6.10 Å². The van der Waals surface area contributed by atoms with Gasteiger partial charge in [-0.3, -0.25) is 0 Å². The van der Waals surface area contributed by atoms with E-state index in [2.05, 4.69) is 17.3 Å². The van der Waals surface area contributed by atoms with Gasteiger partial charge >= 0.3 is 0 Å². The van der Waals surface area contributed by atoms with E-state index in [0.29, 0.717) is 12.1 Å². The average Bonchev–Trinajstić information content (AvgIpc) is 2.04. The number of rotatable bonds is 2. The van der Waals surface area contributed by atoms with Gasteiger partial charge in [0.2, 0.25) is 0 Å². The number of likely N-dealkylation sites (tertiary alicyclic amines) is 1. The van der Waals surface area contributed by atoms with Gasteiger partial charge in [0, 0.05) is 26.2 Å². The van der Waals surface area contributed by atoms with Gasteiger partial charge in [-0.1, -0.05) is 0 Å². The molecule has 66 valence electrons. The SMILES string of the molecule is CN[C@H]1CN(C)CC[C@@H]1OC. The number of nitrogens with one attached hydrogen (secondary N) is 1. The molecule has 0 unspecified atom stereocenters. The molecule has 0 aromatic carbocycles. The van der Waals surface area contributed by atoms with Crippen LogP contribution in [-0.4, -0.2) is 51.3 Å². The van der Waals surface area contributed by atoms with Crippen molar-refractivity contribution in [2.75, 3.05) is 34.3 Å². The van der Waals surface area contributed by atoms with Gasteiger partial charge in [0.1, 0.15) is 0 Å². The van der Waals surface area contributed by atoms with E-state index in [1.165, 1.54) is 0 Å². The number of ether oxygens (including phenoxy) is 1. The van der Waals surface area contributed by atoms with Gasteiger partial charge in [-0.2, -0.15) is 0 Å². The van der Waals surface area contributed by atoms with Crippen molar-refractivity contribution in [3.63, 3.8) is 0 Å². The predicted octanol–water partition coefficient (Wildman–Crippen LogP) is -0.0751. The Hall–Kier alpha value is -0.120. The number of hydrogen-bond donors (Lipinski definition) is 1. The largest absolute Gasteiger partial charge is 0.380 e. The standard InChI is InChI=1S/C8H18N2O/c1-9-7-6-10(2)5-4-8(7)11-3/h7-9H,4-6H2,1-3H3/t7-,8-/m0/s1.